The molecule has 0 bridgehead atoms. The average molecular weight is 259 g/mol. The number of nitrogens with zero attached hydrogens (tertiary/aromatic N) is 2. The molecule has 0 aliphatic carbocycles. The van der Waals surface area contributed by atoms with Gasteiger partial charge in [0.05, 0.1) is 6.04 Å². The first kappa shape index (κ1) is 14.8. The van der Waals surface area contributed by atoms with Crippen LogP contribution in [0.3, 0.4) is 0 Å². The maximum Gasteiger partial charge on any atom is 0.239 e. The lowest BCUT2D eigenvalue weighted by atomic mass is 10.1. The number of amides is 1. The number of nitrogens with two attached hydrogens (primary N) is 1. The van der Waals surface area contributed by atoms with Gasteiger partial charge in [0.15, 0.2) is 0 Å². The van der Waals surface area contributed by atoms with E-state index >= 15 is 0 Å². The Morgan fingerprint density at radius 2 is 2.35 bits per heavy atom. The van der Waals surface area contributed by atoms with Gasteiger partial charge in [-0.1, -0.05) is 0 Å². The van der Waals surface area contributed by atoms with Gasteiger partial charge in [-0.25, -0.2) is 0 Å². The summed E-state index contributed by atoms with van der Waals surface area (Å²) >= 11 is 1.73. The van der Waals surface area contributed by atoms with Gasteiger partial charge in [0.2, 0.25) is 5.91 Å². The predicted octanol–water partition coefficient (Wildman–Crippen LogP) is 0.477. The number of carbonyl (C=O) groups excluding carboxylic acids is 1. The molecule has 0 spiro atoms. The van der Waals surface area contributed by atoms with E-state index in [0.717, 1.165) is 31.8 Å². The molecule has 1 fully saturated rings. The van der Waals surface area contributed by atoms with Crippen LogP contribution in [0.25, 0.3) is 0 Å². The third kappa shape index (κ3) is 4.85. The van der Waals surface area contributed by atoms with Crippen LogP contribution >= 0.6 is 11.8 Å². The average Bonchev–Trinajstić information content (AvgIpc) is 2.70. The van der Waals surface area contributed by atoms with E-state index in [2.05, 4.69) is 11.9 Å². The van der Waals surface area contributed by atoms with Gasteiger partial charge in [0, 0.05) is 20.1 Å². The highest BCUT2D eigenvalue weighted by Gasteiger charge is 2.24. The van der Waals surface area contributed by atoms with E-state index in [9.17, 15) is 4.79 Å². The summed E-state index contributed by atoms with van der Waals surface area (Å²) in [7, 11) is 4.01. The zero-order valence-electron chi connectivity index (χ0n) is 11.2. The standard InChI is InChI=1S/C12H25N3OS/c1-14-6-4-10(8-14)9-15(2)12(16)11(13)5-7-17-3/h10-11H,4-9,13H2,1-3H3/t10?,11-/m0/s1. The van der Waals surface area contributed by atoms with E-state index in [1.165, 1.54) is 6.42 Å². The first-order valence-corrected chi connectivity index (χ1v) is 7.62. The Kier molecular flexibility index (Phi) is 6.30. The Hall–Kier alpha value is -0.260. The van der Waals surface area contributed by atoms with Crippen molar-refractivity contribution in [1.82, 2.24) is 9.80 Å². The van der Waals surface area contributed by atoms with Crippen molar-refractivity contribution in [1.29, 1.82) is 0 Å². The fraction of sp³-hybridized carbons (Fsp3) is 0.917. The summed E-state index contributed by atoms with van der Waals surface area (Å²) in [5.41, 5.74) is 5.89. The van der Waals surface area contributed by atoms with Gasteiger partial charge >= 0.3 is 0 Å². The molecule has 0 aromatic heterocycles. The smallest absolute Gasteiger partial charge is 0.239 e. The number of hydrogen-bond donors (Lipinski definition) is 1. The Bertz CT molecular complexity index is 250. The molecule has 1 aliphatic rings. The molecule has 17 heavy (non-hydrogen) atoms. The van der Waals surface area contributed by atoms with Crippen LogP contribution < -0.4 is 5.73 Å². The van der Waals surface area contributed by atoms with Gasteiger partial charge in [0.1, 0.15) is 0 Å². The quantitative estimate of drug-likeness (QED) is 0.754. The van der Waals surface area contributed by atoms with Crippen molar-refractivity contribution in [3.05, 3.63) is 0 Å². The van der Waals surface area contributed by atoms with Gasteiger partial charge in [-0.15, -0.1) is 0 Å². The molecule has 1 amide bonds. The molecule has 1 rings (SSSR count). The first-order chi connectivity index (χ1) is 8.04. The Labute approximate surface area is 109 Å². The topological polar surface area (TPSA) is 49.6 Å². The van der Waals surface area contributed by atoms with Crippen LogP contribution in [0.1, 0.15) is 12.8 Å². The molecule has 0 aromatic carbocycles. The van der Waals surface area contributed by atoms with Crippen molar-refractivity contribution < 1.29 is 4.79 Å². The van der Waals surface area contributed by atoms with Crippen LogP contribution in [-0.4, -0.2) is 67.5 Å². The minimum atomic E-state index is -0.327. The zero-order chi connectivity index (χ0) is 12.8. The molecule has 1 saturated heterocycles. The molecule has 2 atom stereocenters. The second kappa shape index (κ2) is 7.24. The van der Waals surface area contributed by atoms with Crippen molar-refractivity contribution in [2.45, 2.75) is 18.9 Å². The monoisotopic (exact) mass is 259 g/mol. The Balaban J connectivity index is 2.30. The highest BCUT2D eigenvalue weighted by Crippen LogP contribution is 2.15. The highest BCUT2D eigenvalue weighted by molar-refractivity contribution is 7.98. The van der Waals surface area contributed by atoms with E-state index in [-0.39, 0.29) is 11.9 Å². The van der Waals surface area contributed by atoms with Crippen molar-refractivity contribution in [2.75, 3.05) is 45.7 Å². The van der Waals surface area contributed by atoms with E-state index in [1.807, 2.05) is 18.2 Å². The largest absolute Gasteiger partial charge is 0.344 e. The van der Waals surface area contributed by atoms with E-state index in [4.69, 9.17) is 5.73 Å². The second-order valence-electron chi connectivity index (χ2n) is 5.02. The van der Waals surface area contributed by atoms with E-state index in [0.29, 0.717) is 5.92 Å². The predicted molar refractivity (Wildman–Crippen MR) is 74.2 cm³/mol. The number of thioether (sulfide) groups is 1. The van der Waals surface area contributed by atoms with Gasteiger partial charge in [0.25, 0.3) is 0 Å². The van der Waals surface area contributed by atoms with Crippen LogP contribution in [0.5, 0.6) is 0 Å². The van der Waals surface area contributed by atoms with Crippen LogP contribution in [0.2, 0.25) is 0 Å². The van der Waals surface area contributed by atoms with Crippen LogP contribution in [0, 0.1) is 5.92 Å². The van der Waals surface area contributed by atoms with Gasteiger partial charge in [-0.3, -0.25) is 4.79 Å². The maximum atomic E-state index is 12.0. The third-order valence-corrected chi connectivity index (χ3v) is 3.99. The lowest BCUT2D eigenvalue weighted by molar-refractivity contribution is -0.131. The summed E-state index contributed by atoms with van der Waals surface area (Å²) < 4.78 is 0. The Morgan fingerprint density at radius 1 is 1.65 bits per heavy atom. The summed E-state index contributed by atoms with van der Waals surface area (Å²) in [4.78, 5) is 16.1. The molecule has 5 heteroatoms. The van der Waals surface area contributed by atoms with Gasteiger partial charge in [-0.2, -0.15) is 11.8 Å². The molecule has 100 valence electrons. The fourth-order valence-corrected chi connectivity index (χ4v) is 2.79. The van der Waals surface area contributed by atoms with Crippen molar-refractivity contribution in [2.24, 2.45) is 11.7 Å². The highest BCUT2D eigenvalue weighted by atomic mass is 32.2. The van der Waals surface area contributed by atoms with Gasteiger partial charge in [-0.05, 0) is 44.4 Å². The molecule has 1 aliphatic heterocycles. The molecular weight excluding hydrogens is 234 g/mol. The third-order valence-electron chi connectivity index (χ3n) is 3.35. The van der Waals surface area contributed by atoms with Crippen LogP contribution in [0.4, 0.5) is 0 Å². The number of likely N-dealkylation sites (tertiary alicyclic amines) is 1. The summed E-state index contributed by atoms with van der Waals surface area (Å²) in [6.45, 7) is 3.08. The Morgan fingerprint density at radius 3 is 2.88 bits per heavy atom. The van der Waals surface area contributed by atoms with Gasteiger partial charge < -0.3 is 15.5 Å². The summed E-state index contributed by atoms with van der Waals surface area (Å²) in [6.07, 6.45) is 4.00. The molecule has 2 N–H and O–H groups in total. The van der Waals surface area contributed by atoms with Crippen molar-refractivity contribution in [3.63, 3.8) is 0 Å². The lowest BCUT2D eigenvalue weighted by Crippen LogP contribution is -2.44. The number of likely N-dealkylation sites (N-methyl/N-ethyl adjacent to an activating group) is 1. The lowest BCUT2D eigenvalue weighted by Gasteiger charge is -2.24. The fourth-order valence-electron chi connectivity index (χ4n) is 2.30. The molecule has 4 nitrogen and oxygen atoms in total. The SMILES string of the molecule is CSCC[C@H](N)C(=O)N(C)CC1CCN(C)C1. The molecular formula is C12H25N3OS. The molecule has 1 unspecified atom stereocenters. The number of carbonyl (C=O) groups is 1. The van der Waals surface area contributed by atoms with Crippen molar-refractivity contribution >= 4 is 17.7 Å². The van der Waals surface area contributed by atoms with Crippen LogP contribution in [-0.2, 0) is 4.79 Å². The maximum absolute atomic E-state index is 12.0. The molecule has 0 saturated carbocycles. The molecule has 0 radical (unpaired) electrons. The summed E-state index contributed by atoms with van der Waals surface area (Å²) in [5, 5.41) is 0. The van der Waals surface area contributed by atoms with E-state index in [1.54, 1.807) is 11.8 Å². The van der Waals surface area contributed by atoms with Crippen LogP contribution in [0.15, 0.2) is 0 Å². The minimum Gasteiger partial charge on any atom is -0.344 e. The minimum absolute atomic E-state index is 0.0913. The number of rotatable bonds is 6. The first-order valence-electron chi connectivity index (χ1n) is 6.22. The van der Waals surface area contributed by atoms with E-state index < -0.39 is 0 Å². The molecule has 0 aromatic rings. The molecule has 1 heterocycles. The normalized spacial score (nSPS) is 22.7. The summed E-state index contributed by atoms with van der Waals surface area (Å²) in [5.74, 6) is 1.66. The second-order valence-corrected chi connectivity index (χ2v) is 6.01. The number of hydrogen-bond acceptors (Lipinski definition) is 4. The summed E-state index contributed by atoms with van der Waals surface area (Å²) in [6, 6.07) is -0.327. The van der Waals surface area contributed by atoms with Crippen molar-refractivity contribution in [3.8, 4) is 0 Å². The zero-order valence-corrected chi connectivity index (χ0v) is 12.0.